The van der Waals surface area contributed by atoms with Crippen LogP contribution in [0.2, 0.25) is 0 Å². The van der Waals surface area contributed by atoms with E-state index in [0.29, 0.717) is 5.75 Å². The molecule has 0 aromatic heterocycles. The van der Waals surface area contributed by atoms with Crippen molar-refractivity contribution in [2.24, 2.45) is 13.5 Å². The number of halogens is 5. The van der Waals surface area contributed by atoms with Gasteiger partial charge in [0.2, 0.25) is 0 Å². The van der Waals surface area contributed by atoms with Gasteiger partial charge in [0.25, 0.3) is 0 Å². The van der Waals surface area contributed by atoms with Gasteiger partial charge >= 0.3 is 23.4 Å². The van der Waals surface area contributed by atoms with Gasteiger partial charge in [0.1, 0.15) is 11.5 Å². The SMILES string of the molecule is COc1ccc(OP2(F)=NP(F)(F)=NP(F)(F)=N2)cc1. The second-order valence-electron chi connectivity index (χ2n) is 3.42. The first-order valence-electron chi connectivity index (χ1n) is 4.87. The van der Waals surface area contributed by atoms with Gasteiger partial charge in [-0.3, -0.25) is 0 Å². The Kier molecular flexibility index (Phi) is 4.02. The second kappa shape index (κ2) is 5.17. The molecular formula is C7H7F5N3O2P3. The lowest BCUT2D eigenvalue weighted by molar-refractivity contribution is 0.414. The molecule has 1 aliphatic heterocycles. The van der Waals surface area contributed by atoms with Crippen LogP contribution in [0.25, 0.3) is 0 Å². The lowest BCUT2D eigenvalue weighted by Crippen LogP contribution is -1.88. The van der Waals surface area contributed by atoms with E-state index in [9.17, 15) is 21.0 Å². The van der Waals surface area contributed by atoms with Crippen LogP contribution in [0.3, 0.4) is 0 Å². The van der Waals surface area contributed by atoms with E-state index in [1.54, 1.807) is 0 Å². The molecule has 0 bridgehead atoms. The Balaban J connectivity index is 2.39. The van der Waals surface area contributed by atoms with Gasteiger partial charge in [-0.25, -0.2) is 0 Å². The zero-order valence-corrected chi connectivity index (χ0v) is 12.4. The summed E-state index contributed by atoms with van der Waals surface area (Å²) in [6.45, 7) is 0. The second-order valence-corrected chi connectivity index (χ2v) is 8.52. The molecule has 0 aliphatic carbocycles. The molecule has 1 unspecified atom stereocenters. The molecule has 0 amide bonds. The highest BCUT2D eigenvalue weighted by Crippen LogP contribution is 2.81. The first kappa shape index (κ1) is 15.5. The Morgan fingerprint density at radius 3 is 1.80 bits per heavy atom. The molecule has 1 atom stereocenters. The van der Waals surface area contributed by atoms with Crippen molar-refractivity contribution >= 4 is 23.4 Å². The standard InChI is InChI=1S/C7H7F5N3O2P3/c1-16-6-2-4-7(5-3-6)17-20(12)14-18(8,9)13-19(10,11)15-20/h2-5H,1H3. The lowest BCUT2D eigenvalue weighted by Gasteiger charge is -2.17. The number of hydrogen-bond donors (Lipinski definition) is 0. The van der Waals surface area contributed by atoms with Gasteiger partial charge in [-0.15, -0.1) is 34.5 Å². The van der Waals surface area contributed by atoms with Crippen molar-refractivity contribution in [2.45, 2.75) is 0 Å². The first-order valence-corrected chi connectivity index (χ1v) is 9.32. The van der Waals surface area contributed by atoms with Crippen LogP contribution in [0, 0.1) is 0 Å². The summed E-state index contributed by atoms with van der Waals surface area (Å²) < 4.78 is 81.8. The van der Waals surface area contributed by atoms with Crippen molar-refractivity contribution in [2.75, 3.05) is 7.11 Å². The molecule has 0 saturated heterocycles. The summed E-state index contributed by atoms with van der Waals surface area (Å²) >= 11 is 0. The van der Waals surface area contributed by atoms with E-state index in [4.69, 9.17) is 4.74 Å². The van der Waals surface area contributed by atoms with Crippen molar-refractivity contribution in [3.63, 3.8) is 0 Å². The van der Waals surface area contributed by atoms with Crippen LogP contribution in [0.15, 0.2) is 37.8 Å². The summed E-state index contributed by atoms with van der Waals surface area (Å²) in [5.74, 6) is 0.141. The number of nitrogens with zero attached hydrogens (tertiary/aromatic N) is 3. The summed E-state index contributed by atoms with van der Waals surface area (Å²) in [7, 11) is -15.3. The molecular weight excluding hydrogens is 346 g/mol. The van der Waals surface area contributed by atoms with E-state index < -0.39 is 23.4 Å². The molecule has 13 heteroatoms. The topological polar surface area (TPSA) is 55.5 Å². The van der Waals surface area contributed by atoms with E-state index in [1.165, 1.54) is 31.4 Å². The number of rotatable bonds is 3. The summed E-state index contributed by atoms with van der Waals surface area (Å²) in [6, 6.07) is 5.03. The zero-order chi connectivity index (χ0) is 15.0. The van der Waals surface area contributed by atoms with Gasteiger partial charge in [-0.2, -0.15) is 0 Å². The molecule has 2 rings (SSSR count). The average Bonchev–Trinajstić information content (AvgIpc) is 2.24. The van der Waals surface area contributed by atoms with Crippen LogP contribution in [0.5, 0.6) is 11.5 Å². The maximum absolute atomic E-state index is 14.0. The van der Waals surface area contributed by atoms with Crippen LogP contribution >= 0.6 is 23.4 Å². The normalized spacial score (nSPS) is 26.7. The minimum atomic E-state index is -5.75. The number of ether oxygens (including phenoxy) is 1. The Labute approximate surface area is 111 Å². The van der Waals surface area contributed by atoms with Gasteiger partial charge in [0.05, 0.1) is 7.11 Å². The minimum absolute atomic E-state index is 0.254. The van der Waals surface area contributed by atoms with Crippen LogP contribution in [0.4, 0.5) is 21.0 Å². The molecule has 112 valence electrons. The predicted molar refractivity (Wildman–Crippen MR) is 67.2 cm³/mol. The van der Waals surface area contributed by atoms with Gasteiger partial charge in [0.15, 0.2) is 0 Å². The fourth-order valence-corrected chi connectivity index (χ4v) is 6.49. The van der Waals surface area contributed by atoms with Gasteiger partial charge < -0.3 is 9.26 Å². The molecule has 0 radical (unpaired) electrons. The van der Waals surface area contributed by atoms with E-state index in [-0.39, 0.29) is 5.75 Å². The number of benzene rings is 1. The molecule has 20 heavy (non-hydrogen) atoms. The van der Waals surface area contributed by atoms with Crippen molar-refractivity contribution in [3.8, 4) is 11.5 Å². The third kappa shape index (κ3) is 3.84. The molecule has 0 N–H and O–H groups in total. The van der Waals surface area contributed by atoms with E-state index in [0.717, 1.165) is 0 Å². The smallest absolute Gasteiger partial charge is 0.441 e. The zero-order valence-electron chi connectivity index (χ0n) is 9.70. The Morgan fingerprint density at radius 1 is 0.800 bits per heavy atom. The van der Waals surface area contributed by atoms with E-state index >= 15 is 0 Å². The van der Waals surface area contributed by atoms with Crippen molar-refractivity contribution < 1.29 is 30.2 Å². The van der Waals surface area contributed by atoms with Crippen LogP contribution in [-0.2, 0) is 0 Å². The van der Waals surface area contributed by atoms with Gasteiger partial charge in [-0.1, -0.05) is 0 Å². The third-order valence-electron chi connectivity index (χ3n) is 1.93. The summed E-state index contributed by atoms with van der Waals surface area (Å²) in [5, 5.41) is 0. The lowest BCUT2D eigenvalue weighted by atomic mass is 10.3. The summed E-state index contributed by atoms with van der Waals surface area (Å²) in [6.07, 6.45) is 0. The van der Waals surface area contributed by atoms with Crippen LogP contribution in [-0.4, -0.2) is 7.11 Å². The molecule has 1 aromatic carbocycles. The molecule has 1 aliphatic rings. The quantitative estimate of drug-likeness (QED) is 0.445. The molecule has 0 saturated carbocycles. The molecule has 1 heterocycles. The molecule has 0 spiro atoms. The molecule has 1 aromatic rings. The Bertz CT molecular complexity index is 672. The van der Waals surface area contributed by atoms with Crippen LogP contribution < -0.4 is 9.26 Å². The average molecular weight is 353 g/mol. The fraction of sp³-hybridized carbons (Fsp3) is 0.143. The Hall–Kier alpha value is -0.840. The summed E-state index contributed by atoms with van der Waals surface area (Å²) in [4.78, 5) is 0. The highest BCUT2D eigenvalue weighted by molar-refractivity contribution is 7.77. The highest BCUT2D eigenvalue weighted by Gasteiger charge is 2.41. The number of hydrogen-bond acceptors (Lipinski definition) is 5. The van der Waals surface area contributed by atoms with E-state index in [2.05, 4.69) is 13.6 Å². The third-order valence-corrected chi connectivity index (χ3v) is 7.58. The monoisotopic (exact) mass is 353 g/mol. The van der Waals surface area contributed by atoms with Gasteiger partial charge in [0, 0.05) is 0 Å². The predicted octanol–water partition coefficient (Wildman–Crippen LogP) is 6.77. The molecule has 5 nitrogen and oxygen atoms in total. The van der Waals surface area contributed by atoms with E-state index in [1.807, 2.05) is 4.52 Å². The van der Waals surface area contributed by atoms with Crippen molar-refractivity contribution in [1.29, 1.82) is 0 Å². The van der Waals surface area contributed by atoms with Crippen molar-refractivity contribution in [3.05, 3.63) is 24.3 Å². The Morgan fingerprint density at radius 2 is 1.30 bits per heavy atom. The largest absolute Gasteiger partial charge is 0.497 e. The fourth-order valence-electron chi connectivity index (χ4n) is 1.26. The van der Waals surface area contributed by atoms with Crippen molar-refractivity contribution in [1.82, 2.24) is 0 Å². The maximum Gasteiger partial charge on any atom is 0.441 e. The first-order chi connectivity index (χ1) is 9.13. The van der Waals surface area contributed by atoms with Crippen LogP contribution in [0.1, 0.15) is 0 Å². The minimum Gasteiger partial charge on any atom is -0.497 e. The maximum atomic E-state index is 14.0. The highest BCUT2D eigenvalue weighted by atomic mass is 31.3. The number of methoxy groups -OCH3 is 1. The van der Waals surface area contributed by atoms with Gasteiger partial charge in [-0.05, 0) is 24.3 Å². The summed E-state index contributed by atoms with van der Waals surface area (Å²) in [5.41, 5.74) is 0. The molecule has 0 fully saturated rings.